The molecule has 0 saturated heterocycles. The third-order valence-corrected chi connectivity index (χ3v) is 3.80. The van der Waals surface area contributed by atoms with Crippen LogP contribution in [-0.4, -0.2) is 16.3 Å². The zero-order valence-corrected chi connectivity index (χ0v) is 13.9. The van der Waals surface area contributed by atoms with Gasteiger partial charge in [-0.3, -0.25) is 0 Å². The van der Waals surface area contributed by atoms with Crippen LogP contribution in [0, 0.1) is 11.6 Å². The molecule has 1 heterocycles. The van der Waals surface area contributed by atoms with E-state index in [1.807, 2.05) is 0 Å². The minimum Gasteiger partial charge on any atom is -0.386 e. The van der Waals surface area contributed by atoms with Gasteiger partial charge >= 0.3 is 6.18 Å². The molecule has 0 amide bonds. The van der Waals surface area contributed by atoms with Gasteiger partial charge in [-0.1, -0.05) is 18.2 Å². The number of hydrogen-bond acceptors (Lipinski definition) is 2. The van der Waals surface area contributed by atoms with Gasteiger partial charge in [0.2, 0.25) is 0 Å². The van der Waals surface area contributed by atoms with Gasteiger partial charge in [0.05, 0.1) is 21.9 Å². The highest BCUT2D eigenvalue weighted by atomic mass is 35.5. The number of benzene rings is 1. The Hall–Kier alpha value is -1.99. The molecule has 1 N–H and O–H groups in total. The Morgan fingerprint density at radius 3 is 2.08 bits per heavy atom. The molecule has 0 aliphatic carbocycles. The van der Waals surface area contributed by atoms with E-state index in [1.165, 1.54) is 26.0 Å². The number of aliphatic hydroxyl groups is 1. The van der Waals surface area contributed by atoms with Crippen LogP contribution in [0.15, 0.2) is 30.8 Å². The molecule has 0 fully saturated rings. The van der Waals surface area contributed by atoms with Crippen LogP contribution < -0.4 is 0 Å². The van der Waals surface area contributed by atoms with Gasteiger partial charge in [0, 0.05) is 11.1 Å². The van der Waals surface area contributed by atoms with E-state index in [-0.39, 0.29) is 16.3 Å². The molecule has 0 aliphatic rings. The van der Waals surface area contributed by atoms with E-state index in [0.29, 0.717) is 0 Å². The number of alkyl halides is 3. The van der Waals surface area contributed by atoms with E-state index in [0.717, 1.165) is 12.1 Å². The summed E-state index contributed by atoms with van der Waals surface area (Å²) >= 11 is 6.10. The maximum atomic E-state index is 14.6. The Morgan fingerprint density at radius 1 is 1.12 bits per heavy atom. The molecule has 0 unspecified atom stereocenters. The highest BCUT2D eigenvalue weighted by molar-refractivity contribution is 6.34. The lowest BCUT2D eigenvalue weighted by Gasteiger charge is -2.24. The molecule has 0 saturated carbocycles. The zero-order valence-electron chi connectivity index (χ0n) is 13.2. The minimum atomic E-state index is -4.93. The van der Waals surface area contributed by atoms with Crippen LogP contribution >= 0.6 is 11.6 Å². The summed E-state index contributed by atoms with van der Waals surface area (Å²) in [5, 5.41) is 9.79. The molecule has 2 nitrogen and oxygen atoms in total. The van der Waals surface area contributed by atoms with Crippen LogP contribution in [0.4, 0.5) is 22.0 Å². The topological polar surface area (TPSA) is 33.1 Å². The van der Waals surface area contributed by atoms with Crippen LogP contribution in [0.5, 0.6) is 0 Å². The first kappa shape index (κ1) is 19.3. The summed E-state index contributed by atoms with van der Waals surface area (Å²) in [5.74, 6) is -1.99. The molecule has 2 rings (SSSR count). The van der Waals surface area contributed by atoms with E-state index < -0.39 is 40.2 Å². The molecule has 8 heteroatoms. The third-order valence-electron chi connectivity index (χ3n) is 3.44. The first-order chi connectivity index (χ1) is 11.3. The van der Waals surface area contributed by atoms with Crippen molar-refractivity contribution in [3.63, 3.8) is 0 Å². The SMILES string of the molecule is C=C(c1nc(-c2ccc(F)cc2)c(Cl)c(C(C)(C)O)c1F)C(F)(F)F. The molecule has 0 aliphatic heterocycles. The number of rotatable bonds is 3. The number of allylic oxidation sites excluding steroid dienone is 1. The normalized spacial score (nSPS) is 12.4. The summed E-state index contributed by atoms with van der Waals surface area (Å²) < 4.78 is 66.7. The lowest BCUT2D eigenvalue weighted by atomic mass is 9.94. The smallest absolute Gasteiger partial charge is 0.386 e. The quantitative estimate of drug-likeness (QED) is 0.718. The van der Waals surface area contributed by atoms with Crippen molar-refractivity contribution in [3.8, 4) is 11.3 Å². The summed E-state index contributed by atoms with van der Waals surface area (Å²) in [4.78, 5) is 3.65. The van der Waals surface area contributed by atoms with Crippen molar-refractivity contribution in [3.05, 3.63) is 58.8 Å². The van der Waals surface area contributed by atoms with Gasteiger partial charge in [-0.15, -0.1) is 0 Å². The highest BCUT2D eigenvalue weighted by Gasteiger charge is 2.39. The van der Waals surface area contributed by atoms with Crippen LogP contribution in [0.1, 0.15) is 25.1 Å². The first-order valence-electron chi connectivity index (χ1n) is 6.98. The summed E-state index contributed by atoms with van der Waals surface area (Å²) in [7, 11) is 0. The molecular formula is C17H13ClF5NO. The maximum Gasteiger partial charge on any atom is 0.418 e. The van der Waals surface area contributed by atoms with Crippen LogP contribution in [0.25, 0.3) is 16.8 Å². The van der Waals surface area contributed by atoms with Gasteiger partial charge in [0.1, 0.15) is 11.5 Å². The number of halogens is 6. The van der Waals surface area contributed by atoms with E-state index in [9.17, 15) is 27.1 Å². The van der Waals surface area contributed by atoms with Gasteiger partial charge in [-0.2, -0.15) is 13.2 Å². The average Bonchev–Trinajstić information content (AvgIpc) is 2.46. The molecule has 1 aromatic carbocycles. The number of aromatic nitrogens is 1. The fraction of sp³-hybridized carbons (Fsp3) is 0.235. The predicted octanol–water partition coefficient (Wildman–Crippen LogP) is 5.48. The molecule has 2 aromatic rings. The molecule has 1 aromatic heterocycles. The molecule has 25 heavy (non-hydrogen) atoms. The molecule has 0 radical (unpaired) electrons. The molecule has 0 atom stereocenters. The van der Waals surface area contributed by atoms with Gasteiger partial charge in [0.25, 0.3) is 0 Å². The summed E-state index contributed by atoms with van der Waals surface area (Å²) in [5.41, 5.74) is -5.10. The molecule has 0 spiro atoms. The second-order valence-corrected chi connectivity index (χ2v) is 6.23. The monoisotopic (exact) mass is 377 g/mol. The Labute approximate surface area is 145 Å². The third kappa shape index (κ3) is 3.82. The van der Waals surface area contributed by atoms with Gasteiger partial charge in [-0.05, 0) is 38.1 Å². The van der Waals surface area contributed by atoms with Crippen molar-refractivity contribution in [1.82, 2.24) is 4.98 Å². The Balaban J connectivity index is 2.85. The van der Waals surface area contributed by atoms with E-state index in [1.54, 1.807) is 0 Å². The summed E-state index contributed by atoms with van der Waals surface area (Å²) in [6.07, 6.45) is -4.93. The predicted molar refractivity (Wildman–Crippen MR) is 84.9 cm³/mol. The lowest BCUT2D eigenvalue weighted by molar-refractivity contribution is -0.0691. The van der Waals surface area contributed by atoms with Gasteiger partial charge < -0.3 is 5.11 Å². The maximum absolute atomic E-state index is 14.6. The number of pyridine rings is 1. The number of nitrogens with zero attached hydrogens (tertiary/aromatic N) is 1. The summed E-state index contributed by atoms with van der Waals surface area (Å²) in [6.45, 7) is 5.19. The zero-order chi connectivity index (χ0) is 19.2. The van der Waals surface area contributed by atoms with Crippen LogP contribution in [0.2, 0.25) is 5.02 Å². The molecule has 134 valence electrons. The van der Waals surface area contributed by atoms with Crippen molar-refractivity contribution in [2.75, 3.05) is 0 Å². The minimum absolute atomic E-state index is 0.160. The molecule has 0 bridgehead atoms. The fourth-order valence-corrected chi connectivity index (χ4v) is 2.68. The Kier molecular flexibility index (Phi) is 4.94. The fourth-order valence-electron chi connectivity index (χ4n) is 2.21. The molecular weight excluding hydrogens is 365 g/mol. The summed E-state index contributed by atoms with van der Waals surface area (Å²) in [6, 6.07) is 4.57. The lowest BCUT2D eigenvalue weighted by Crippen LogP contribution is -2.22. The van der Waals surface area contributed by atoms with Crippen molar-refractivity contribution >= 4 is 17.2 Å². The van der Waals surface area contributed by atoms with Crippen molar-refractivity contribution in [1.29, 1.82) is 0 Å². The second kappa shape index (κ2) is 6.38. The Morgan fingerprint density at radius 2 is 1.64 bits per heavy atom. The van der Waals surface area contributed by atoms with Crippen LogP contribution in [-0.2, 0) is 5.60 Å². The van der Waals surface area contributed by atoms with E-state index in [2.05, 4.69) is 11.6 Å². The van der Waals surface area contributed by atoms with Crippen molar-refractivity contribution in [2.24, 2.45) is 0 Å². The Bertz CT molecular complexity index is 823. The first-order valence-corrected chi connectivity index (χ1v) is 7.36. The van der Waals surface area contributed by atoms with Crippen LogP contribution in [0.3, 0.4) is 0 Å². The van der Waals surface area contributed by atoms with Crippen molar-refractivity contribution < 1.29 is 27.1 Å². The standard InChI is InChI=1S/C17H13ClF5NO/c1-8(17(21,22)23)14-13(20)11(16(2,3)25)12(18)15(24-14)9-4-6-10(19)7-5-9/h4-7,25H,1H2,2-3H3. The van der Waals surface area contributed by atoms with E-state index >= 15 is 0 Å². The highest BCUT2D eigenvalue weighted by Crippen LogP contribution is 2.41. The number of hydrogen-bond donors (Lipinski definition) is 1. The second-order valence-electron chi connectivity index (χ2n) is 5.85. The largest absolute Gasteiger partial charge is 0.418 e. The van der Waals surface area contributed by atoms with E-state index in [4.69, 9.17) is 11.6 Å². The van der Waals surface area contributed by atoms with Crippen molar-refractivity contribution in [2.45, 2.75) is 25.6 Å². The van der Waals surface area contributed by atoms with Gasteiger partial charge in [0.15, 0.2) is 5.82 Å². The van der Waals surface area contributed by atoms with Gasteiger partial charge in [-0.25, -0.2) is 13.8 Å². The average molecular weight is 378 g/mol.